The van der Waals surface area contributed by atoms with Crippen LogP contribution in [0.25, 0.3) is 0 Å². The van der Waals surface area contributed by atoms with E-state index in [0.717, 1.165) is 18.6 Å². The molecule has 0 aliphatic heterocycles. The molecule has 0 amide bonds. The van der Waals surface area contributed by atoms with Gasteiger partial charge in [0.2, 0.25) is 0 Å². The highest BCUT2D eigenvalue weighted by molar-refractivity contribution is 5.37. The molecule has 0 fully saturated rings. The summed E-state index contributed by atoms with van der Waals surface area (Å²) in [6, 6.07) is 6.62. The Kier molecular flexibility index (Phi) is 4.67. The van der Waals surface area contributed by atoms with Crippen molar-refractivity contribution in [1.29, 1.82) is 0 Å². The van der Waals surface area contributed by atoms with Crippen molar-refractivity contribution in [2.24, 2.45) is 5.92 Å². The summed E-state index contributed by atoms with van der Waals surface area (Å²) in [5.74, 6) is 1.75. The van der Waals surface area contributed by atoms with E-state index in [0.29, 0.717) is 5.92 Å². The molecule has 0 atom stereocenters. The first kappa shape index (κ1) is 12.1. The first-order valence-corrected chi connectivity index (χ1v) is 5.83. The molecule has 0 bridgehead atoms. The van der Waals surface area contributed by atoms with Gasteiger partial charge in [-0.1, -0.05) is 39.3 Å². The fourth-order valence-corrected chi connectivity index (χ4v) is 1.86. The zero-order valence-electron chi connectivity index (χ0n) is 10.3. The lowest BCUT2D eigenvalue weighted by atomic mass is 10.00. The summed E-state index contributed by atoms with van der Waals surface area (Å²) >= 11 is 0. The second-order valence-corrected chi connectivity index (χ2v) is 4.49. The molecule has 1 nitrogen and oxygen atoms in total. The van der Waals surface area contributed by atoms with Gasteiger partial charge in [0.15, 0.2) is 0 Å². The highest BCUT2D eigenvalue weighted by Gasteiger charge is 2.04. The van der Waals surface area contributed by atoms with Crippen LogP contribution in [-0.4, -0.2) is 7.11 Å². The molecule has 1 aromatic rings. The summed E-state index contributed by atoms with van der Waals surface area (Å²) in [4.78, 5) is 0. The van der Waals surface area contributed by atoms with Gasteiger partial charge < -0.3 is 4.74 Å². The number of ether oxygens (including phenoxy) is 1. The van der Waals surface area contributed by atoms with Crippen LogP contribution >= 0.6 is 0 Å². The Hall–Kier alpha value is -0.980. The molecule has 0 saturated carbocycles. The van der Waals surface area contributed by atoms with Gasteiger partial charge in [-0.3, -0.25) is 0 Å². The van der Waals surface area contributed by atoms with Gasteiger partial charge in [0.25, 0.3) is 0 Å². The van der Waals surface area contributed by atoms with Crippen LogP contribution in [0.3, 0.4) is 0 Å². The molecule has 0 heterocycles. The highest BCUT2D eigenvalue weighted by atomic mass is 16.5. The zero-order chi connectivity index (χ0) is 11.3. The number of hydrogen-bond acceptors (Lipinski definition) is 1. The highest BCUT2D eigenvalue weighted by Crippen LogP contribution is 2.23. The molecule has 15 heavy (non-hydrogen) atoms. The quantitative estimate of drug-likeness (QED) is 0.711. The Morgan fingerprint density at radius 1 is 1.27 bits per heavy atom. The zero-order valence-corrected chi connectivity index (χ0v) is 10.3. The average Bonchev–Trinajstić information content (AvgIpc) is 2.20. The lowest BCUT2D eigenvalue weighted by Crippen LogP contribution is -1.97. The fourth-order valence-electron chi connectivity index (χ4n) is 1.86. The molecule has 1 rings (SSSR count). The van der Waals surface area contributed by atoms with Crippen LogP contribution in [0.1, 0.15) is 38.3 Å². The Morgan fingerprint density at radius 2 is 2.00 bits per heavy atom. The first-order chi connectivity index (χ1) is 7.17. The van der Waals surface area contributed by atoms with Crippen molar-refractivity contribution in [3.8, 4) is 5.75 Å². The van der Waals surface area contributed by atoms with Crippen molar-refractivity contribution in [3.63, 3.8) is 0 Å². The van der Waals surface area contributed by atoms with Crippen LogP contribution in [0.15, 0.2) is 18.2 Å². The van der Waals surface area contributed by atoms with E-state index in [1.54, 1.807) is 7.11 Å². The normalized spacial score (nSPS) is 10.7. The minimum atomic E-state index is 0.701. The predicted molar refractivity (Wildman–Crippen MR) is 65.5 cm³/mol. The van der Waals surface area contributed by atoms with E-state index in [2.05, 4.69) is 39.0 Å². The topological polar surface area (TPSA) is 9.23 Å². The Labute approximate surface area is 93.5 Å². The molecule has 0 N–H and O–H groups in total. The average molecular weight is 206 g/mol. The van der Waals surface area contributed by atoms with Crippen molar-refractivity contribution in [3.05, 3.63) is 29.3 Å². The third-order valence-electron chi connectivity index (χ3n) is 2.51. The third-order valence-corrected chi connectivity index (χ3v) is 2.51. The van der Waals surface area contributed by atoms with E-state index < -0.39 is 0 Å². The molecular weight excluding hydrogens is 184 g/mol. The third kappa shape index (κ3) is 3.58. The van der Waals surface area contributed by atoms with Crippen molar-refractivity contribution in [2.75, 3.05) is 7.11 Å². The van der Waals surface area contributed by atoms with Crippen molar-refractivity contribution >= 4 is 0 Å². The number of rotatable bonds is 5. The van der Waals surface area contributed by atoms with E-state index in [9.17, 15) is 0 Å². The summed E-state index contributed by atoms with van der Waals surface area (Å²) < 4.78 is 5.42. The summed E-state index contributed by atoms with van der Waals surface area (Å²) in [7, 11) is 1.76. The van der Waals surface area contributed by atoms with E-state index in [4.69, 9.17) is 4.74 Å². The maximum Gasteiger partial charge on any atom is 0.122 e. The smallest absolute Gasteiger partial charge is 0.122 e. The van der Waals surface area contributed by atoms with Crippen LogP contribution in [0.4, 0.5) is 0 Å². The summed E-state index contributed by atoms with van der Waals surface area (Å²) in [5, 5.41) is 0. The van der Waals surface area contributed by atoms with Gasteiger partial charge in [0.05, 0.1) is 7.11 Å². The largest absolute Gasteiger partial charge is 0.496 e. The van der Waals surface area contributed by atoms with Crippen molar-refractivity contribution < 1.29 is 4.74 Å². The van der Waals surface area contributed by atoms with E-state index in [1.165, 1.54) is 17.5 Å². The monoisotopic (exact) mass is 206 g/mol. The molecule has 0 aliphatic rings. The van der Waals surface area contributed by atoms with Gasteiger partial charge in [-0.05, 0) is 36.0 Å². The van der Waals surface area contributed by atoms with Gasteiger partial charge >= 0.3 is 0 Å². The van der Waals surface area contributed by atoms with Crippen LogP contribution in [-0.2, 0) is 12.8 Å². The second-order valence-electron chi connectivity index (χ2n) is 4.49. The first-order valence-electron chi connectivity index (χ1n) is 5.83. The predicted octanol–water partition coefficient (Wildman–Crippen LogP) is 3.85. The van der Waals surface area contributed by atoms with E-state index in [1.807, 2.05) is 0 Å². The van der Waals surface area contributed by atoms with E-state index >= 15 is 0 Å². The minimum absolute atomic E-state index is 0.701. The van der Waals surface area contributed by atoms with E-state index in [-0.39, 0.29) is 0 Å². The molecular formula is C14H22O. The number of methoxy groups -OCH3 is 1. The van der Waals surface area contributed by atoms with Gasteiger partial charge in [-0.2, -0.15) is 0 Å². The van der Waals surface area contributed by atoms with Crippen LogP contribution in [0, 0.1) is 5.92 Å². The summed E-state index contributed by atoms with van der Waals surface area (Å²) in [5.41, 5.74) is 2.70. The standard InChI is InChI=1S/C14H22O/c1-5-6-13-8-7-12(9-11(2)3)10-14(13)15-4/h7-8,10-11H,5-6,9H2,1-4H3. The summed E-state index contributed by atoms with van der Waals surface area (Å²) in [6.45, 7) is 6.68. The Morgan fingerprint density at radius 3 is 2.53 bits per heavy atom. The molecule has 0 aliphatic carbocycles. The molecule has 1 aromatic carbocycles. The lowest BCUT2D eigenvalue weighted by Gasteiger charge is -2.11. The van der Waals surface area contributed by atoms with Gasteiger partial charge in [-0.15, -0.1) is 0 Å². The van der Waals surface area contributed by atoms with Gasteiger partial charge in [0.1, 0.15) is 5.75 Å². The molecule has 1 heteroatoms. The minimum Gasteiger partial charge on any atom is -0.496 e. The Balaban J connectivity index is 2.86. The lowest BCUT2D eigenvalue weighted by molar-refractivity contribution is 0.408. The number of aryl methyl sites for hydroxylation is 1. The van der Waals surface area contributed by atoms with Crippen LogP contribution in [0.2, 0.25) is 0 Å². The number of hydrogen-bond donors (Lipinski definition) is 0. The SMILES string of the molecule is CCCc1ccc(CC(C)C)cc1OC. The van der Waals surface area contributed by atoms with Crippen LogP contribution < -0.4 is 4.74 Å². The number of benzene rings is 1. The molecule has 0 radical (unpaired) electrons. The molecule has 0 aromatic heterocycles. The van der Waals surface area contributed by atoms with Gasteiger partial charge in [0, 0.05) is 0 Å². The van der Waals surface area contributed by atoms with Gasteiger partial charge in [-0.25, -0.2) is 0 Å². The summed E-state index contributed by atoms with van der Waals surface area (Å²) in [6.07, 6.45) is 3.40. The maximum absolute atomic E-state index is 5.42. The Bertz CT molecular complexity index is 302. The fraction of sp³-hybridized carbons (Fsp3) is 0.571. The maximum atomic E-state index is 5.42. The molecule has 0 saturated heterocycles. The molecule has 84 valence electrons. The second kappa shape index (κ2) is 5.79. The molecule has 0 unspecified atom stereocenters. The van der Waals surface area contributed by atoms with Crippen molar-refractivity contribution in [1.82, 2.24) is 0 Å². The van der Waals surface area contributed by atoms with Crippen molar-refractivity contribution in [2.45, 2.75) is 40.0 Å². The molecule has 0 spiro atoms. The van der Waals surface area contributed by atoms with Crippen LogP contribution in [0.5, 0.6) is 5.75 Å².